The number of aromatic amines is 1. The van der Waals surface area contributed by atoms with E-state index >= 15 is 0 Å². The Morgan fingerprint density at radius 1 is 1.04 bits per heavy atom. The molecule has 0 fully saturated rings. The summed E-state index contributed by atoms with van der Waals surface area (Å²) in [6.45, 7) is 2.58. The first kappa shape index (κ1) is 18.2. The van der Waals surface area contributed by atoms with Crippen molar-refractivity contribution in [2.45, 2.75) is 13.3 Å². The van der Waals surface area contributed by atoms with E-state index in [2.05, 4.69) is 25.6 Å². The number of fused-ring (bicyclic) bond motifs is 1. The largest absolute Gasteiger partial charge is 0.352 e. The van der Waals surface area contributed by atoms with Crippen LogP contribution >= 0.6 is 0 Å². The quantitative estimate of drug-likeness (QED) is 0.567. The third kappa shape index (κ3) is 4.55. The van der Waals surface area contributed by atoms with E-state index in [4.69, 9.17) is 0 Å². The highest BCUT2D eigenvalue weighted by Gasteiger charge is 2.11. The zero-order chi connectivity index (χ0) is 19.2. The normalized spacial score (nSPS) is 10.6. The van der Waals surface area contributed by atoms with Gasteiger partial charge in [-0.3, -0.25) is 19.4 Å². The summed E-state index contributed by atoms with van der Waals surface area (Å²) in [5, 5.41) is 5.87. The van der Waals surface area contributed by atoms with Crippen LogP contribution in [0.2, 0.25) is 0 Å². The van der Waals surface area contributed by atoms with E-state index in [-0.39, 0.29) is 17.3 Å². The lowest BCUT2D eigenvalue weighted by atomic mass is 10.2. The SMILES string of the molecule is Cc1ccc(C(=O)NCCCNC(=O)c2nc3ccccc3c(=O)[nH]2)cn1. The predicted molar refractivity (Wildman–Crippen MR) is 101 cm³/mol. The summed E-state index contributed by atoms with van der Waals surface area (Å²) in [7, 11) is 0. The number of aromatic nitrogens is 3. The van der Waals surface area contributed by atoms with Gasteiger partial charge in [-0.1, -0.05) is 12.1 Å². The van der Waals surface area contributed by atoms with Gasteiger partial charge in [-0.05, 0) is 37.6 Å². The number of aryl methyl sites for hydroxylation is 1. The fraction of sp³-hybridized carbons (Fsp3) is 0.211. The van der Waals surface area contributed by atoms with E-state index in [1.807, 2.05) is 6.92 Å². The molecule has 0 bridgehead atoms. The van der Waals surface area contributed by atoms with Crippen LogP contribution in [0.25, 0.3) is 10.9 Å². The van der Waals surface area contributed by atoms with E-state index in [9.17, 15) is 14.4 Å². The lowest BCUT2D eigenvalue weighted by Crippen LogP contribution is -2.31. The van der Waals surface area contributed by atoms with Crippen LogP contribution in [-0.2, 0) is 0 Å². The average molecular weight is 365 g/mol. The Kier molecular flexibility index (Phi) is 5.55. The average Bonchev–Trinajstić information content (AvgIpc) is 2.68. The molecule has 0 spiro atoms. The highest BCUT2D eigenvalue weighted by Crippen LogP contribution is 2.05. The van der Waals surface area contributed by atoms with Crippen LogP contribution in [0.1, 0.15) is 33.1 Å². The molecule has 8 nitrogen and oxygen atoms in total. The molecule has 2 amide bonds. The van der Waals surface area contributed by atoms with E-state index in [1.54, 1.807) is 36.4 Å². The molecular weight excluding hydrogens is 346 g/mol. The zero-order valence-corrected chi connectivity index (χ0v) is 14.8. The van der Waals surface area contributed by atoms with Crippen LogP contribution in [0.3, 0.4) is 0 Å². The summed E-state index contributed by atoms with van der Waals surface area (Å²) in [5.41, 5.74) is 1.44. The predicted octanol–water partition coefficient (Wildman–Crippen LogP) is 1.18. The highest BCUT2D eigenvalue weighted by atomic mass is 16.2. The van der Waals surface area contributed by atoms with Gasteiger partial charge in [0.15, 0.2) is 5.82 Å². The van der Waals surface area contributed by atoms with Gasteiger partial charge in [-0.25, -0.2) is 4.98 Å². The maximum atomic E-state index is 12.2. The summed E-state index contributed by atoms with van der Waals surface area (Å²) in [6, 6.07) is 10.3. The van der Waals surface area contributed by atoms with Crippen LogP contribution in [0.15, 0.2) is 47.4 Å². The number of pyridine rings is 1. The van der Waals surface area contributed by atoms with Gasteiger partial charge >= 0.3 is 0 Å². The molecule has 0 unspecified atom stereocenters. The first-order valence-corrected chi connectivity index (χ1v) is 8.53. The van der Waals surface area contributed by atoms with Crippen LogP contribution in [-0.4, -0.2) is 39.9 Å². The van der Waals surface area contributed by atoms with E-state index in [1.165, 1.54) is 6.20 Å². The summed E-state index contributed by atoms with van der Waals surface area (Å²) < 4.78 is 0. The van der Waals surface area contributed by atoms with Crippen LogP contribution in [0.5, 0.6) is 0 Å². The van der Waals surface area contributed by atoms with Gasteiger partial charge < -0.3 is 15.6 Å². The Labute approximate surface area is 155 Å². The Morgan fingerprint density at radius 2 is 1.78 bits per heavy atom. The number of rotatable bonds is 6. The van der Waals surface area contributed by atoms with Crippen LogP contribution in [0, 0.1) is 6.92 Å². The molecule has 0 atom stereocenters. The molecule has 0 aliphatic heterocycles. The van der Waals surface area contributed by atoms with Gasteiger partial charge in [0.05, 0.1) is 16.5 Å². The third-order valence-corrected chi connectivity index (χ3v) is 3.93. The van der Waals surface area contributed by atoms with Crippen molar-refractivity contribution < 1.29 is 9.59 Å². The van der Waals surface area contributed by atoms with Gasteiger partial charge in [0.1, 0.15) is 0 Å². The van der Waals surface area contributed by atoms with Gasteiger partial charge in [-0.15, -0.1) is 0 Å². The molecule has 2 aromatic heterocycles. The van der Waals surface area contributed by atoms with Crippen LogP contribution in [0.4, 0.5) is 0 Å². The number of carbonyl (C=O) groups is 2. The first-order chi connectivity index (χ1) is 13.0. The fourth-order valence-corrected chi connectivity index (χ4v) is 2.47. The van der Waals surface area contributed by atoms with Gasteiger partial charge in [0.25, 0.3) is 17.4 Å². The number of para-hydroxylation sites is 1. The lowest BCUT2D eigenvalue weighted by molar-refractivity contribution is 0.0942. The second kappa shape index (κ2) is 8.22. The minimum absolute atomic E-state index is 0.0338. The molecule has 2 heterocycles. The highest BCUT2D eigenvalue weighted by molar-refractivity contribution is 5.94. The molecule has 0 aliphatic rings. The fourth-order valence-electron chi connectivity index (χ4n) is 2.47. The van der Waals surface area contributed by atoms with Gasteiger partial charge in [0, 0.05) is 25.0 Å². The van der Waals surface area contributed by atoms with Crippen molar-refractivity contribution in [1.82, 2.24) is 25.6 Å². The number of hydrogen-bond donors (Lipinski definition) is 3. The minimum Gasteiger partial charge on any atom is -0.352 e. The maximum absolute atomic E-state index is 12.2. The summed E-state index contributed by atoms with van der Waals surface area (Å²) >= 11 is 0. The molecule has 3 aromatic rings. The molecule has 27 heavy (non-hydrogen) atoms. The van der Waals surface area contributed by atoms with Crippen molar-refractivity contribution in [3.63, 3.8) is 0 Å². The Hall–Kier alpha value is -3.55. The second-order valence-electron chi connectivity index (χ2n) is 5.99. The van der Waals surface area contributed by atoms with Gasteiger partial charge in [0.2, 0.25) is 0 Å². The number of hydrogen-bond acceptors (Lipinski definition) is 5. The Morgan fingerprint density at radius 3 is 2.52 bits per heavy atom. The van der Waals surface area contributed by atoms with E-state index in [0.29, 0.717) is 36.0 Å². The maximum Gasteiger partial charge on any atom is 0.287 e. The number of amides is 2. The van der Waals surface area contributed by atoms with Crippen LogP contribution < -0.4 is 16.2 Å². The molecule has 0 saturated heterocycles. The number of nitrogens with one attached hydrogen (secondary N) is 3. The number of benzene rings is 1. The summed E-state index contributed by atoms with van der Waals surface area (Å²) in [6.07, 6.45) is 2.06. The Bertz CT molecular complexity index is 1030. The monoisotopic (exact) mass is 365 g/mol. The molecular formula is C19H19N5O3. The molecule has 0 radical (unpaired) electrons. The van der Waals surface area contributed by atoms with Crippen molar-refractivity contribution >= 4 is 22.7 Å². The molecule has 0 aliphatic carbocycles. The summed E-state index contributed by atoms with van der Waals surface area (Å²) in [4.78, 5) is 46.8. The number of nitrogens with zero attached hydrogens (tertiary/aromatic N) is 2. The molecule has 3 N–H and O–H groups in total. The smallest absolute Gasteiger partial charge is 0.287 e. The molecule has 3 rings (SSSR count). The van der Waals surface area contributed by atoms with Crippen molar-refractivity contribution in [1.29, 1.82) is 0 Å². The van der Waals surface area contributed by atoms with Crippen molar-refractivity contribution in [3.8, 4) is 0 Å². The topological polar surface area (TPSA) is 117 Å². The standard InChI is InChI=1S/C19H19N5O3/c1-12-7-8-13(11-22-12)17(25)20-9-4-10-21-19(27)16-23-15-6-3-2-5-14(15)18(26)24-16/h2-3,5-8,11H,4,9-10H2,1H3,(H,20,25)(H,21,27)(H,23,24,26). The van der Waals surface area contributed by atoms with E-state index < -0.39 is 5.91 Å². The first-order valence-electron chi connectivity index (χ1n) is 8.53. The zero-order valence-electron chi connectivity index (χ0n) is 14.8. The molecule has 0 saturated carbocycles. The van der Waals surface area contributed by atoms with E-state index in [0.717, 1.165) is 5.69 Å². The van der Waals surface area contributed by atoms with Crippen molar-refractivity contribution in [2.75, 3.05) is 13.1 Å². The summed E-state index contributed by atoms with van der Waals surface area (Å²) in [5.74, 6) is -0.713. The Balaban J connectivity index is 1.48. The van der Waals surface area contributed by atoms with Crippen molar-refractivity contribution in [2.24, 2.45) is 0 Å². The van der Waals surface area contributed by atoms with Gasteiger partial charge in [-0.2, -0.15) is 0 Å². The lowest BCUT2D eigenvalue weighted by Gasteiger charge is -2.07. The molecule has 1 aromatic carbocycles. The third-order valence-electron chi connectivity index (χ3n) is 3.93. The number of carbonyl (C=O) groups excluding carboxylic acids is 2. The van der Waals surface area contributed by atoms with Crippen molar-refractivity contribution in [3.05, 3.63) is 70.0 Å². The minimum atomic E-state index is -0.466. The second-order valence-corrected chi connectivity index (χ2v) is 5.99. The molecule has 138 valence electrons. The molecule has 8 heteroatoms. The number of H-pyrrole nitrogens is 1.